The number of aromatic nitrogens is 3. The molecule has 0 aliphatic rings. The van der Waals surface area contributed by atoms with Gasteiger partial charge in [0.25, 0.3) is 5.91 Å². The lowest BCUT2D eigenvalue weighted by molar-refractivity contribution is -0.383. The number of ether oxygens (including phenoxy) is 1. The first kappa shape index (κ1) is 19.5. The van der Waals surface area contributed by atoms with E-state index in [-0.39, 0.29) is 18.2 Å². The standard InChI is InChI=1S/C18H17N7O4/c1-12-7-8-19-14(9-12)22-17-16(25(27)28)18(21-11-20-17)24-23-15(26)10-29-13-5-3-2-4-6-13/h2-9,11H,10H2,1H3,(H,23,26)(H2,19,20,21,22,24). The van der Waals surface area contributed by atoms with E-state index < -0.39 is 16.5 Å². The van der Waals surface area contributed by atoms with Crippen molar-refractivity contribution in [1.82, 2.24) is 20.4 Å². The highest BCUT2D eigenvalue weighted by atomic mass is 16.6. The van der Waals surface area contributed by atoms with Gasteiger partial charge in [0, 0.05) is 6.20 Å². The number of para-hydroxylation sites is 1. The van der Waals surface area contributed by atoms with Crippen molar-refractivity contribution in [1.29, 1.82) is 0 Å². The first-order chi connectivity index (χ1) is 14.0. The molecular weight excluding hydrogens is 378 g/mol. The summed E-state index contributed by atoms with van der Waals surface area (Å²) >= 11 is 0. The topological polar surface area (TPSA) is 144 Å². The molecule has 3 aromatic rings. The van der Waals surface area contributed by atoms with Crippen LogP contribution in [0.3, 0.4) is 0 Å². The van der Waals surface area contributed by atoms with Crippen molar-refractivity contribution in [2.45, 2.75) is 6.92 Å². The van der Waals surface area contributed by atoms with E-state index in [0.29, 0.717) is 11.6 Å². The zero-order valence-electron chi connectivity index (χ0n) is 15.3. The Bertz CT molecular complexity index is 1010. The number of anilines is 3. The van der Waals surface area contributed by atoms with E-state index in [4.69, 9.17) is 4.74 Å². The van der Waals surface area contributed by atoms with Crippen molar-refractivity contribution in [3.63, 3.8) is 0 Å². The van der Waals surface area contributed by atoms with Crippen LogP contribution in [0, 0.1) is 17.0 Å². The third-order valence-corrected chi connectivity index (χ3v) is 3.60. The number of carbonyl (C=O) groups excluding carboxylic acids is 1. The highest BCUT2D eigenvalue weighted by Crippen LogP contribution is 2.30. The second-order valence-corrected chi connectivity index (χ2v) is 5.79. The summed E-state index contributed by atoms with van der Waals surface area (Å²) in [5.41, 5.74) is 5.22. The van der Waals surface area contributed by atoms with Gasteiger partial charge in [-0.15, -0.1) is 0 Å². The van der Waals surface area contributed by atoms with Gasteiger partial charge in [-0.25, -0.2) is 15.0 Å². The van der Waals surface area contributed by atoms with Crippen molar-refractivity contribution < 1.29 is 14.5 Å². The van der Waals surface area contributed by atoms with Crippen LogP contribution in [0.25, 0.3) is 0 Å². The van der Waals surface area contributed by atoms with Gasteiger partial charge in [0.05, 0.1) is 4.92 Å². The molecule has 1 aromatic carbocycles. The van der Waals surface area contributed by atoms with Crippen LogP contribution < -0.4 is 20.9 Å². The van der Waals surface area contributed by atoms with Crippen LogP contribution in [-0.2, 0) is 4.79 Å². The third-order valence-electron chi connectivity index (χ3n) is 3.60. The van der Waals surface area contributed by atoms with Crippen molar-refractivity contribution in [2.75, 3.05) is 17.3 Å². The number of hydrogen-bond acceptors (Lipinski definition) is 9. The number of hydrazine groups is 1. The second kappa shape index (κ2) is 9.08. The summed E-state index contributed by atoms with van der Waals surface area (Å²) in [6.45, 7) is 1.58. The lowest BCUT2D eigenvalue weighted by Crippen LogP contribution is -2.34. The molecule has 0 unspecified atom stereocenters. The van der Waals surface area contributed by atoms with Crippen LogP contribution in [0.2, 0.25) is 0 Å². The number of pyridine rings is 1. The quantitative estimate of drug-likeness (QED) is 0.386. The molecule has 0 saturated heterocycles. The van der Waals surface area contributed by atoms with Crippen molar-refractivity contribution in [3.05, 3.63) is 70.7 Å². The molecule has 11 heteroatoms. The molecule has 0 fully saturated rings. The Hall–Kier alpha value is -4.28. The molecule has 0 spiro atoms. The normalized spacial score (nSPS) is 10.1. The number of amides is 1. The van der Waals surface area contributed by atoms with Gasteiger partial charge in [0.15, 0.2) is 6.61 Å². The molecule has 0 aliphatic carbocycles. The average molecular weight is 395 g/mol. The predicted octanol–water partition coefficient (Wildman–Crippen LogP) is 2.35. The van der Waals surface area contributed by atoms with E-state index in [1.165, 1.54) is 0 Å². The Labute approximate surface area is 165 Å². The van der Waals surface area contributed by atoms with E-state index >= 15 is 0 Å². The first-order valence-corrected chi connectivity index (χ1v) is 8.44. The molecule has 3 rings (SSSR count). The van der Waals surface area contributed by atoms with Crippen LogP contribution in [0.1, 0.15) is 5.56 Å². The van der Waals surface area contributed by atoms with Crippen molar-refractivity contribution >= 4 is 29.0 Å². The van der Waals surface area contributed by atoms with Gasteiger partial charge >= 0.3 is 5.69 Å². The maximum Gasteiger partial charge on any atom is 0.355 e. The number of nitro groups is 1. The molecule has 3 N–H and O–H groups in total. The predicted molar refractivity (Wildman–Crippen MR) is 105 cm³/mol. The molecule has 1 amide bonds. The smallest absolute Gasteiger partial charge is 0.355 e. The summed E-state index contributed by atoms with van der Waals surface area (Å²) in [4.78, 5) is 34.7. The van der Waals surface area contributed by atoms with Gasteiger partial charge in [-0.3, -0.25) is 25.8 Å². The Morgan fingerprint density at radius 1 is 1.14 bits per heavy atom. The SMILES string of the molecule is Cc1ccnc(Nc2ncnc(NNC(=O)COc3ccccc3)c2[N+](=O)[O-])c1. The van der Waals surface area contributed by atoms with Crippen LogP contribution in [0.4, 0.5) is 23.1 Å². The Kier molecular flexibility index (Phi) is 6.10. The largest absolute Gasteiger partial charge is 0.484 e. The Morgan fingerprint density at radius 2 is 1.90 bits per heavy atom. The maximum absolute atomic E-state index is 11.9. The fraction of sp³-hybridized carbons (Fsp3) is 0.111. The number of aryl methyl sites for hydroxylation is 1. The average Bonchev–Trinajstić information content (AvgIpc) is 2.71. The molecule has 0 aliphatic heterocycles. The van der Waals surface area contributed by atoms with Gasteiger partial charge in [-0.1, -0.05) is 18.2 Å². The summed E-state index contributed by atoms with van der Waals surface area (Å²) in [5.74, 6) is 0.107. The monoisotopic (exact) mass is 395 g/mol. The van der Waals surface area contributed by atoms with E-state index in [2.05, 4.69) is 31.1 Å². The molecule has 0 radical (unpaired) electrons. The third kappa shape index (κ3) is 5.35. The molecule has 148 valence electrons. The van der Waals surface area contributed by atoms with E-state index in [1.54, 1.807) is 42.6 Å². The van der Waals surface area contributed by atoms with Gasteiger partial charge < -0.3 is 10.1 Å². The summed E-state index contributed by atoms with van der Waals surface area (Å²) in [7, 11) is 0. The minimum absolute atomic E-state index is 0.0691. The molecule has 0 bridgehead atoms. The molecule has 0 saturated carbocycles. The Morgan fingerprint density at radius 3 is 2.62 bits per heavy atom. The van der Waals surface area contributed by atoms with Crippen LogP contribution in [-0.4, -0.2) is 32.4 Å². The first-order valence-electron chi connectivity index (χ1n) is 8.44. The number of nitrogens with zero attached hydrogens (tertiary/aromatic N) is 4. The minimum atomic E-state index is -0.660. The minimum Gasteiger partial charge on any atom is -0.484 e. The summed E-state index contributed by atoms with van der Waals surface area (Å²) in [5, 5.41) is 14.3. The molecule has 2 heterocycles. The fourth-order valence-corrected chi connectivity index (χ4v) is 2.29. The highest BCUT2D eigenvalue weighted by molar-refractivity contribution is 5.80. The summed E-state index contributed by atoms with van der Waals surface area (Å²) in [6, 6.07) is 12.3. The van der Waals surface area contributed by atoms with E-state index in [0.717, 1.165) is 11.9 Å². The Balaban J connectivity index is 1.68. The molecule has 29 heavy (non-hydrogen) atoms. The van der Waals surface area contributed by atoms with E-state index in [9.17, 15) is 14.9 Å². The summed E-state index contributed by atoms with van der Waals surface area (Å²) < 4.78 is 5.31. The lowest BCUT2D eigenvalue weighted by Gasteiger charge is -2.11. The van der Waals surface area contributed by atoms with Crippen molar-refractivity contribution in [2.24, 2.45) is 0 Å². The van der Waals surface area contributed by atoms with Gasteiger partial charge in [0.1, 0.15) is 17.9 Å². The molecule has 2 aromatic heterocycles. The number of benzene rings is 1. The number of hydrogen-bond donors (Lipinski definition) is 3. The highest BCUT2D eigenvalue weighted by Gasteiger charge is 2.24. The van der Waals surface area contributed by atoms with Gasteiger partial charge in [0.2, 0.25) is 11.6 Å². The maximum atomic E-state index is 11.9. The number of carbonyl (C=O) groups is 1. The van der Waals surface area contributed by atoms with Crippen LogP contribution in [0.15, 0.2) is 55.0 Å². The van der Waals surface area contributed by atoms with Crippen LogP contribution in [0.5, 0.6) is 5.75 Å². The van der Waals surface area contributed by atoms with Gasteiger partial charge in [-0.2, -0.15) is 0 Å². The van der Waals surface area contributed by atoms with Crippen LogP contribution >= 0.6 is 0 Å². The zero-order valence-corrected chi connectivity index (χ0v) is 15.3. The van der Waals surface area contributed by atoms with Gasteiger partial charge in [-0.05, 0) is 36.8 Å². The lowest BCUT2D eigenvalue weighted by atomic mass is 10.3. The number of nitrogens with one attached hydrogen (secondary N) is 3. The van der Waals surface area contributed by atoms with Crippen molar-refractivity contribution in [3.8, 4) is 5.75 Å². The van der Waals surface area contributed by atoms with E-state index in [1.807, 2.05) is 13.0 Å². The number of rotatable bonds is 8. The zero-order chi connectivity index (χ0) is 20.6. The molecule has 11 nitrogen and oxygen atoms in total. The molecular formula is C18H17N7O4. The summed E-state index contributed by atoms with van der Waals surface area (Å²) in [6.07, 6.45) is 2.69. The molecule has 0 atom stereocenters. The fourth-order valence-electron chi connectivity index (χ4n) is 2.29. The second-order valence-electron chi connectivity index (χ2n) is 5.79.